The van der Waals surface area contributed by atoms with E-state index >= 15 is 0 Å². The number of halogens is 1. The number of hydrogen-bond donors (Lipinski definition) is 0. The van der Waals surface area contributed by atoms with Crippen LogP contribution < -0.4 is 0 Å². The average molecular weight is 215 g/mol. The van der Waals surface area contributed by atoms with E-state index in [0.29, 0.717) is 5.56 Å². The molecule has 0 unspecified atom stereocenters. The van der Waals surface area contributed by atoms with Gasteiger partial charge in [-0.05, 0) is 30.5 Å². The van der Waals surface area contributed by atoms with Crippen molar-refractivity contribution < 1.29 is 8.42 Å². The van der Waals surface area contributed by atoms with Crippen molar-refractivity contribution in [3.05, 3.63) is 35.4 Å². The topological polar surface area (TPSA) is 34.1 Å². The second kappa shape index (κ2) is 3.82. The molecule has 4 heteroatoms. The van der Waals surface area contributed by atoms with Crippen molar-refractivity contribution >= 4 is 19.7 Å². The fourth-order valence-electron chi connectivity index (χ4n) is 0.843. The third-order valence-corrected chi connectivity index (χ3v) is 1.91. The van der Waals surface area contributed by atoms with Crippen LogP contribution >= 0.6 is 10.7 Å². The first-order chi connectivity index (χ1) is 5.97. The molecule has 2 nitrogen and oxygen atoms in total. The van der Waals surface area contributed by atoms with Crippen molar-refractivity contribution in [1.82, 2.24) is 0 Å². The molecule has 0 aromatic heterocycles. The van der Waals surface area contributed by atoms with Crippen LogP contribution in [0.2, 0.25) is 0 Å². The highest BCUT2D eigenvalue weighted by molar-refractivity contribution is 8.17. The Kier molecular flexibility index (Phi) is 2.97. The van der Waals surface area contributed by atoms with Crippen molar-refractivity contribution in [1.29, 1.82) is 0 Å². The molecular weight excluding hydrogens is 208 g/mol. The van der Waals surface area contributed by atoms with Gasteiger partial charge in [0.2, 0.25) is 0 Å². The van der Waals surface area contributed by atoms with E-state index in [1.165, 1.54) is 0 Å². The van der Waals surface area contributed by atoms with Crippen LogP contribution in [0.15, 0.2) is 24.3 Å². The molecule has 0 bridgehead atoms. The van der Waals surface area contributed by atoms with Gasteiger partial charge in [0.1, 0.15) is 0 Å². The van der Waals surface area contributed by atoms with Crippen molar-refractivity contribution in [3.63, 3.8) is 0 Å². The molecule has 0 aliphatic carbocycles. The molecule has 1 rings (SSSR count). The van der Waals surface area contributed by atoms with Crippen LogP contribution in [0.5, 0.6) is 0 Å². The number of benzene rings is 1. The Hall–Kier alpha value is -0.980. The van der Waals surface area contributed by atoms with Crippen molar-refractivity contribution in [3.8, 4) is 11.2 Å². The van der Waals surface area contributed by atoms with Gasteiger partial charge in [0, 0.05) is 21.5 Å². The zero-order valence-electron chi connectivity index (χ0n) is 6.91. The SMILES string of the molecule is Cc1cccc(C#CS(=O)(=O)Cl)c1. The van der Waals surface area contributed by atoms with E-state index in [0.717, 1.165) is 5.56 Å². The van der Waals surface area contributed by atoms with Gasteiger partial charge >= 0.3 is 9.05 Å². The molecule has 0 saturated carbocycles. The highest BCUT2D eigenvalue weighted by Gasteiger charge is 1.95. The largest absolute Gasteiger partial charge is 0.301 e. The van der Waals surface area contributed by atoms with E-state index in [1.807, 2.05) is 18.2 Å². The predicted molar refractivity (Wildman–Crippen MR) is 52.8 cm³/mol. The lowest BCUT2D eigenvalue weighted by Gasteiger charge is -1.91. The van der Waals surface area contributed by atoms with Crippen molar-refractivity contribution in [2.75, 3.05) is 0 Å². The zero-order valence-corrected chi connectivity index (χ0v) is 8.48. The maximum absolute atomic E-state index is 10.5. The summed E-state index contributed by atoms with van der Waals surface area (Å²) in [6.07, 6.45) is 0. The highest BCUT2D eigenvalue weighted by Crippen LogP contribution is 2.02. The monoisotopic (exact) mass is 214 g/mol. The van der Waals surface area contributed by atoms with E-state index in [1.54, 1.807) is 18.2 Å². The molecule has 68 valence electrons. The Balaban J connectivity index is 3.04. The molecule has 0 amide bonds. The minimum absolute atomic E-state index is 0.643. The first-order valence-electron chi connectivity index (χ1n) is 3.51. The number of hydrogen-bond acceptors (Lipinski definition) is 2. The van der Waals surface area contributed by atoms with Crippen molar-refractivity contribution in [2.24, 2.45) is 0 Å². The van der Waals surface area contributed by atoms with E-state index in [2.05, 4.69) is 5.92 Å². The van der Waals surface area contributed by atoms with Crippen LogP contribution in [0.25, 0.3) is 0 Å². The van der Waals surface area contributed by atoms with Crippen molar-refractivity contribution in [2.45, 2.75) is 6.92 Å². The summed E-state index contributed by atoms with van der Waals surface area (Å²) in [6.45, 7) is 1.90. The van der Waals surface area contributed by atoms with Gasteiger partial charge in [-0.1, -0.05) is 12.1 Å². The molecular formula is C9H7ClO2S. The summed E-state index contributed by atoms with van der Waals surface area (Å²) in [5, 5.41) is 1.95. The molecule has 0 aliphatic heterocycles. The zero-order chi connectivity index (χ0) is 9.90. The second-order valence-corrected chi connectivity index (χ2v) is 4.83. The minimum atomic E-state index is -3.72. The summed E-state index contributed by atoms with van der Waals surface area (Å²) in [7, 11) is 1.20. The Morgan fingerprint density at radius 3 is 2.62 bits per heavy atom. The van der Waals surface area contributed by atoms with Gasteiger partial charge in [-0.25, -0.2) is 0 Å². The fourth-order valence-corrected chi connectivity index (χ4v) is 1.20. The molecule has 0 fully saturated rings. The smallest absolute Gasteiger partial charge is 0.198 e. The molecule has 1 aromatic rings. The third kappa shape index (κ3) is 3.97. The van der Waals surface area contributed by atoms with Gasteiger partial charge in [-0.3, -0.25) is 0 Å². The standard InChI is InChI=1S/C9H7ClO2S/c1-8-3-2-4-9(7-8)5-6-13(10,11)12/h2-4,7H,1H3. The maximum Gasteiger partial charge on any atom is 0.301 e. The summed E-state index contributed by atoms with van der Waals surface area (Å²) < 4.78 is 21.0. The first kappa shape index (κ1) is 10.1. The molecule has 13 heavy (non-hydrogen) atoms. The molecule has 1 aromatic carbocycles. The molecule has 0 saturated heterocycles. The van der Waals surface area contributed by atoms with Gasteiger partial charge in [-0.2, -0.15) is 8.42 Å². The number of rotatable bonds is 0. The Morgan fingerprint density at radius 2 is 2.08 bits per heavy atom. The maximum atomic E-state index is 10.5. The van der Waals surface area contributed by atoms with Crippen LogP contribution in [-0.4, -0.2) is 8.42 Å². The molecule has 0 radical (unpaired) electrons. The Bertz CT molecular complexity index is 466. The summed E-state index contributed by atoms with van der Waals surface area (Å²) in [6, 6.07) is 7.22. The van der Waals surface area contributed by atoms with Gasteiger partial charge in [-0.15, -0.1) is 0 Å². The van der Waals surface area contributed by atoms with E-state index in [-0.39, 0.29) is 0 Å². The third-order valence-electron chi connectivity index (χ3n) is 1.34. The molecule has 0 spiro atoms. The van der Waals surface area contributed by atoms with Crippen LogP contribution in [-0.2, 0) is 9.05 Å². The molecule has 0 heterocycles. The van der Waals surface area contributed by atoms with Gasteiger partial charge in [0.15, 0.2) is 0 Å². The summed E-state index contributed by atoms with van der Waals surface area (Å²) in [5.74, 6) is 2.46. The van der Waals surface area contributed by atoms with Gasteiger partial charge in [0.05, 0.1) is 0 Å². The Morgan fingerprint density at radius 1 is 1.38 bits per heavy atom. The molecule has 0 atom stereocenters. The minimum Gasteiger partial charge on any atom is -0.198 e. The quantitative estimate of drug-likeness (QED) is 0.488. The average Bonchev–Trinajstić information content (AvgIpc) is 2.00. The fraction of sp³-hybridized carbons (Fsp3) is 0.111. The van der Waals surface area contributed by atoms with Crippen LogP contribution in [0.4, 0.5) is 0 Å². The van der Waals surface area contributed by atoms with E-state index in [4.69, 9.17) is 10.7 Å². The van der Waals surface area contributed by atoms with E-state index < -0.39 is 9.05 Å². The van der Waals surface area contributed by atoms with Gasteiger partial charge in [0.25, 0.3) is 0 Å². The summed E-state index contributed by atoms with van der Waals surface area (Å²) in [5.41, 5.74) is 1.67. The lowest BCUT2D eigenvalue weighted by molar-refractivity contribution is 0.618. The lowest BCUT2D eigenvalue weighted by Crippen LogP contribution is -1.81. The highest BCUT2D eigenvalue weighted by atomic mass is 35.7. The molecule has 0 aliphatic rings. The Labute approximate surface area is 82.0 Å². The number of aryl methyl sites for hydroxylation is 1. The van der Waals surface area contributed by atoms with E-state index in [9.17, 15) is 8.42 Å². The van der Waals surface area contributed by atoms with Crippen LogP contribution in [0, 0.1) is 18.1 Å². The summed E-state index contributed by atoms with van der Waals surface area (Å²) in [4.78, 5) is 0. The lowest BCUT2D eigenvalue weighted by atomic mass is 10.1. The predicted octanol–water partition coefficient (Wildman–Crippen LogP) is 1.87. The van der Waals surface area contributed by atoms with Gasteiger partial charge < -0.3 is 0 Å². The van der Waals surface area contributed by atoms with Crippen LogP contribution in [0.1, 0.15) is 11.1 Å². The first-order valence-corrected chi connectivity index (χ1v) is 5.82. The van der Waals surface area contributed by atoms with Crippen LogP contribution in [0.3, 0.4) is 0 Å². The summed E-state index contributed by atoms with van der Waals surface area (Å²) >= 11 is 0. The normalized spacial score (nSPS) is 10.3. The molecule has 0 N–H and O–H groups in total. The second-order valence-electron chi connectivity index (χ2n) is 2.53.